The average Bonchev–Trinajstić information content (AvgIpc) is 2.37. The molecule has 1 rings (SSSR count). The second-order valence-electron chi connectivity index (χ2n) is 4.96. The lowest BCUT2D eigenvalue weighted by molar-refractivity contribution is 0.0144. The van der Waals surface area contributed by atoms with E-state index < -0.39 is 0 Å². The zero-order chi connectivity index (χ0) is 12.5. The van der Waals surface area contributed by atoms with E-state index in [9.17, 15) is 0 Å². The van der Waals surface area contributed by atoms with Crippen LogP contribution in [0.4, 0.5) is 0 Å². The van der Waals surface area contributed by atoms with Crippen molar-refractivity contribution in [2.75, 3.05) is 32.8 Å². The van der Waals surface area contributed by atoms with Gasteiger partial charge in [-0.3, -0.25) is 0 Å². The third kappa shape index (κ3) is 5.84. The molecule has 0 saturated carbocycles. The highest BCUT2D eigenvalue weighted by Crippen LogP contribution is 2.12. The molecule has 0 unspecified atom stereocenters. The van der Waals surface area contributed by atoms with Crippen molar-refractivity contribution in [1.82, 2.24) is 10.2 Å². The molecule has 0 aliphatic carbocycles. The SMILES string of the molecule is CCOC1CCN(CCNC(CC)CC)CC1. The van der Waals surface area contributed by atoms with Gasteiger partial charge in [-0.05, 0) is 32.6 Å². The smallest absolute Gasteiger partial charge is 0.0599 e. The number of hydrogen-bond acceptors (Lipinski definition) is 3. The highest BCUT2D eigenvalue weighted by atomic mass is 16.5. The maximum Gasteiger partial charge on any atom is 0.0599 e. The van der Waals surface area contributed by atoms with E-state index in [2.05, 4.69) is 31.0 Å². The maximum absolute atomic E-state index is 5.67. The molecule has 17 heavy (non-hydrogen) atoms. The first-order valence-corrected chi connectivity index (χ1v) is 7.37. The molecule has 1 N–H and O–H groups in total. The monoisotopic (exact) mass is 242 g/mol. The van der Waals surface area contributed by atoms with Crippen molar-refractivity contribution >= 4 is 0 Å². The van der Waals surface area contributed by atoms with Gasteiger partial charge in [-0.1, -0.05) is 13.8 Å². The third-order valence-electron chi connectivity index (χ3n) is 3.78. The molecular formula is C14H30N2O. The molecule has 1 saturated heterocycles. The van der Waals surface area contributed by atoms with Gasteiger partial charge in [-0.15, -0.1) is 0 Å². The Morgan fingerprint density at radius 1 is 1.18 bits per heavy atom. The summed E-state index contributed by atoms with van der Waals surface area (Å²) < 4.78 is 5.67. The van der Waals surface area contributed by atoms with E-state index in [1.807, 2.05) is 0 Å². The van der Waals surface area contributed by atoms with Crippen LogP contribution >= 0.6 is 0 Å². The molecule has 1 fully saturated rings. The molecule has 0 aromatic carbocycles. The van der Waals surface area contributed by atoms with Gasteiger partial charge in [0, 0.05) is 38.8 Å². The molecule has 3 heteroatoms. The summed E-state index contributed by atoms with van der Waals surface area (Å²) in [5.41, 5.74) is 0. The minimum Gasteiger partial charge on any atom is -0.378 e. The van der Waals surface area contributed by atoms with Gasteiger partial charge in [0.1, 0.15) is 0 Å². The van der Waals surface area contributed by atoms with Gasteiger partial charge >= 0.3 is 0 Å². The van der Waals surface area contributed by atoms with E-state index in [4.69, 9.17) is 4.74 Å². The molecule has 0 aromatic heterocycles. The summed E-state index contributed by atoms with van der Waals surface area (Å²) in [6.45, 7) is 12.2. The number of nitrogens with zero attached hydrogens (tertiary/aromatic N) is 1. The molecule has 1 aliphatic heterocycles. The Bertz CT molecular complexity index is 175. The van der Waals surface area contributed by atoms with Crippen molar-refractivity contribution in [3.05, 3.63) is 0 Å². The first-order valence-electron chi connectivity index (χ1n) is 7.37. The predicted octanol–water partition coefficient (Wildman–Crippen LogP) is 2.27. The lowest BCUT2D eigenvalue weighted by Crippen LogP contribution is -2.42. The van der Waals surface area contributed by atoms with Crippen molar-refractivity contribution in [3.63, 3.8) is 0 Å². The molecule has 0 atom stereocenters. The number of ether oxygens (including phenoxy) is 1. The van der Waals surface area contributed by atoms with Gasteiger partial charge in [0.05, 0.1) is 6.10 Å². The summed E-state index contributed by atoms with van der Waals surface area (Å²) in [6.07, 6.45) is 5.41. The predicted molar refractivity (Wildman–Crippen MR) is 73.5 cm³/mol. The quantitative estimate of drug-likeness (QED) is 0.706. The third-order valence-corrected chi connectivity index (χ3v) is 3.78. The van der Waals surface area contributed by atoms with Gasteiger partial charge < -0.3 is 15.0 Å². The number of nitrogens with one attached hydrogen (secondary N) is 1. The summed E-state index contributed by atoms with van der Waals surface area (Å²) in [5, 5.41) is 3.63. The Labute approximate surface area is 107 Å². The lowest BCUT2D eigenvalue weighted by atomic mass is 10.1. The molecule has 1 heterocycles. The average molecular weight is 242 g/mol. The first kappa shape index (κ1) is 14.9. The zero-order valence-corrected chi connectivity index (χ0v) is 11.9. The van der Waals surface area contributed by atoms with E-state index in [0.717, 1.165) is 13.2 Å². The molecule has 0 bridgehead atoms. The molecular weight excluding hydrogens is 212 g/mol. The Morgan fingerprint density at radius 3 is 2.35 bits per heavy atom. The summed E-state index contributed by atoms with van der Waals surface area (Å²) in [4.78, 5) is 2.56. The fourth-order valence-corrected chi connectivity index (χ4v) is 2.54. The Balaban J connectivity index is 2.06. The summed E-state index contributed by atoms with van der Waals surface area (Å²) in [5.74, 6) is 0. The van der Waals surface area contributed by atoms with Crippen LogP contribution < -0.4 is 5.32 Å². The van der Waals surface area contributed by atoms with Gasteiger partial charge in [0.15, 0.2) is 0 Å². The maximum atomic E-state index is 5.67. The highest BCUT2D eigenvalue weighted by Gasteiger charge is 2.18. The van der Waals surface area contributed by atoms with Crippen LogP contribution in [-0.4, -0.2) is 49.8 Å². The van der Waals surface area contributed by atoms with Crippen LogP contribution in [0.3, 0.4) is 0 Å². The Kier molecular flexibility index (Phi) is 7.82. The number of rotatable bonds is 8. The number of piperidine rings is 1. The molecule has 0 spiro atoms. The molecule has 0 amide bonds. The van der Waals surface area contributed by atoms with Gasteiger partial charge in [0.2, 0.25) is 0 Å². The van der Waals surface area contributed by atoms with Gasteiger partial charge in [-0.2, -0.15) is 0 Å². The Hall–Kier alpha value is -0.120. The lowest BCUT2D eigenvalue weighted by Gasteiger charge is -2.32. The summed E-state index contributed by atoms with van der Waals surface area (Å²) >= 11 is 0. The van der Waals surface area contributed by atoms with Crippen molar-refractivity contribution < 1.29 is 4.74 Å². The zero-order valence-electron chi connectivity index (χ0n) is 11.9. The van der Waals surface area contributed by atoms with Crippen LogP contribution in [0.15, 0.2) is 0 Å². The van der Waals surface area contributed by atoms with E-state index in [-0.39, 0.29) is 0 Å². The van der Waals surface area contributed by atoms with E-state index in [0.29, 0.717) is 12.1 Å². The molecule has 0 radical (unpaired) electrons. The molecule has 1 aliphatic rings. The van der Waals surface area contributed by atoms with Crippen LogP contribution in [0, 0.1) is 0 Å². The van der Waals surface area contributed by atoms with Crippen LogP contribution in [0.25, 0.3) is 0 Å². The normalized spacial score (nSPS) is 19.1. The second kappa shape index (κ2) is 8.90. The molecule has 0 aromatic rings. The largest absolute Gasteiger partial charge is 0.378 e. The minimum atomic E-state index is 0.517. The standard InChI is InChI=1S/C14H30N2O/c1-4-13(5-2)15-9-12-16-10-7-14(8-11-16)17-6-3/h13-15H,4-12H2,1-3H3. The number of hydrogen-bond donors (Lipinski definition) is 1. The molecule has 102 valence electrons. The molecule has 3 nitrogen and oxygen atoms in total. The topological polar surface area (TPSA) is 24.5 Å². The van der Waals surface area contributed by atoms with Crippen molar-refractivity contribution in [1.29, 1.82) is 0 Å². The van der Waals surface area contributed by atoms with Crippen molar-refractivity contribution in [2.24, 2.45) is 0 Å². The van der Waals surface area contributed by atoms with E-state index in [1.54, 1.807) is 0 Å². The van der Waals surface area contributed by atoms with Crippen LogP contribution in [0.5, 0.6) is 0 Å². The van der Waals surface area contributed by atoms with Crippen molar-refractivity contribution in [3.8, 4) is 0 Å². The fourth-order valence-electron chi connectivity index (χ4n) is 2.54. The highest BCUT2D eigenvalue weighted by molar-refractivity contribution is 4.73. The van der Waals surface area contributed by atoms with Crippen LogP contribution in [-0.2, 0) is 4.74 Å². The summed E-state index contributed by atoms with van der Waals surface area (Å²) in [6, 6.07) is 0.705. The summed E-state index contributed by atoms with van der Waals surface area (Å²) in [7, 11) is 0. The van der Waals surface area contributed by atoms with E-state index >= 15 is 0 Å². The van der Waals surface area contributed by atoms with E-state index in [1.165, 1.54) is 45.3 Å². The number of likely N-dealkylation sites (tertiary alicyclic amines) is 1. The van der Waals surface area contributed by atoms with Crippen LogP contribution in [0.1, 0.15) is 46.5 Å². The minimum absolute atomic E-state index is 0.517. The van der Waals surface area contributed by atoms with Gasteiger partial charge in [-0.25, -0.2) is 0 Å². The van der Waals surface area contributed by atoms with Gasteiger partial charge in [0.25, 0.3) is 0 Å². The Morgan fingerprint density at radius 2 is 1.82 bits per heavy atom. The second-order valence-corrected chi connectivity index (χ2v) is 4.96. The first-order chi connectivity index (χ1) is 8.30. The fraction of sp³-hybridized carbons (Fsp3) is 1.00. The van der Waals surface area contributed by atoms with Crippen molar-refractivity contribution in [2.45, 2.75) is 58.6 Å². The van der Waals surface area contributed by atoms with Crippen LogP contribution in [0.2, 0.25) is 0 Å².